The minimum Gasteiger partial charge on any atom is -0.497 e. The summed E-state index contributed by atoms with van der Waals surface area (Å²) < 4.78 is 43.3. The number of thiophene rings is 1. The molecule has 0 unspecified atom stereocenters. The zero-order valence-electron chi connectivity index (χ0n) is 27.8. The van der Waals surface area contributed by atoms with Crippen molar-refractivity contribution in [3.63, 3.8) is 0 Å². The number of aromatic nitrogens is 2. The van der Waals surface area contributed by atoms with E-state index in [1.165, 1.54) is 0 Å². The number of nitriles is 1. The minimum absolute atomic E-state index is 0.209. The average Bonchev–Trinajstić information content (AvgIpc) is 3.93. The maximum atomic E-state index is 16.8. The second-order valence-corrected chi connectivity index (χ2v) is 13.9. The number of hydrogen-bond donors (Lipinski definition) is 0. The van der Waals surface area contributed by atoms with Crippen LogP contribution in [0.5, 0.6) is 5.75 Å². The van der Waals surface area contributed by atoms with Crippen molar-refractivity contribution >= 4 is 76.2 Å². The first kappa shape index (κ1) is 30.1. The van der Waals surface area contributed by atoms with E-state index in [1.54, 1.807) is 36.6 Å². The van der Waals surface area contributed by atoms with E-state index in [4.69, 9.17) is 11.3 Å². The van der Waals surface area contributed by atoms with Crippen LogP contribution >= 0.6 is 11.3 Å². The lowest BCUT2D eigenvalue weighted by Crippen LogP contribution is -2.01. The van der Waals surface area contributed by atoms with Gasteiger partial charge in [0.15, 0.2) is 11.6 Å². The van der Waals surface area contributed by atoms with E-state index in [0.29, 0.717) is 11.3 Å². The monoisotopic (exact) mass is 694 g/mol. The Balaban J connectivity index is 1.22. The molecule has 52 heavy (non-hydrogen) atoms. The molecule has 0 aliphatic rings. The molecule has 0 amide bonds. The molecule has 0 aliphatic carbocycles. The second-order valence-electron chi connectivity index (χ2n) is 13.0. The third-order valence-corrected chi connectivity index (χ3v) is 11.2. The van der Waals surface area contributed by atoms with Crippen LogP contribution in [0.25, 0.3) is 92.0 Å². The minimum atomic E-state index is -1.17. The molecule has 0 fully saturated rings. The van der Waals surface area contributed by atoms with Gasteiger partial charge in [-0.05, 0) is 90.2 Å². The molecule has 10 rings (SSSR count). The highest BCUT2D eigenvalue weighted by atomic mass is 32.1. The van der Waals surface area contributed by atoms with Crippen molar-refractivity contribution in [2.24, 2.45) is 0 Å². The Labute approximate surface area is 299 Å². The summed E-state index contributed by atoms with van der Waals surface area (Å²) in [5.41, 5.74) is 5.38. The second kappa shape index (κ2) is 10.9. The summed E-state index contributed by atoms with van der Waals surface area (Å²) >= 11 is 1.61. The summed E-state index contributed by atoms with van der Waals surface area (Å²) in [6.45, 7) is 10.3. The van der Waals surface area contributed by atoms with Gasteiger partial charge in [-0.15, -0.1) is 11.3 Å². The van der Waals surface area contributed by atoms with Gasteiger partial charge in [-0.3, -0.25) is 4.40 Å². The molecular formula is C44H24F2N4OS. The van der Waals surface area contributed by atoms with Gasteiger partial charge >= 0.3 is 0 Å². The van der Waals surface area contributed by atoms with Crippen LogP contribution in [0.1, 0.15) is 11.1 Å². The third kappa shape index (κ3) is 3.93. The van der Waals surface area contributed by atoms with E-state index < -0.39 is 11.6 Å². The van der Waals surface area contributed by atoms with Crippen molar-refractivity contribution in [3.8, 4) is 39.8 Å². The van der Waals surface area contributed by atoms with Crippen LogP contribution in [-0.4, -0.2) is 16.1 Å². The largest absolute Gasteiger partial charge is 0.497 e. The number of benzene rings is 6. The van der Waals surface area contributed by atoms with Crippen LogP contribution in [0.4, 0.5) is 14.5 Å². The standard InChI is InChI=1S/C44H24F2N4OS/c1-23-11-13-36-30(17-23)31-21-27(51-3)12-14-37(31)49(36)26-8-6-7-24(18-26)38-34(22-47)42(48-2)39(41(46)40(38)45)25-19-32-28-9-4-5-10-35(28)50-43(32)33(20-25)29-15-16-52-44(29)50/h4-21H,1,3H3. The lowest BCUT2D eigenvalue weighted by molar-refractivity contribution is 0.415. The van der Waals surface area contributed by atoms with Crippen molar-refractivity contribution in [1.82, 2.24) is 8.97 Å². The van der Waals surface area contributed by atoms with E-state index in [0.717, 1.165) is 70.5 Å². The fourth-order valence-electron chi connectivity index (χ4n) is 8.09. The van der Waals surface area contributed by atoms with Gasteiger partial charge in [0.05, 0.1) is 47.4 Å². The summed E-state index contributed by atoms with van der Waals surface area (Å²) in [4.78, 5) is 4.77. The van der Waals surface area contributed by atoms with Gasteiger partial charge in [0, 0.05) is 49.1 Å². The normalized spacial score (nSPS) is 11.8. The molecule has 4 heterocycles. The third-order valence-electron chi connectivity index (χ3n) is 10.3. The number of fused-ring (bicyclic) bond motifs is 9. The molecule has 0 bridgehead atoms. The maximum absolute atomic E-state index is 16.8. The van der Waals surface area contributed by atoms with E-state index >= 15 is 8.78 Å². The summed E-state index contributed by atoms with van der Waals surface area (Å²) in [6.07, 6.45) is 0. The van der Waals surface area contributed by atoms with Gasteiger partial charge < -0.3 is 9.30 Å². The van der Waals surface area contributed by atoms with Gasteiger partial charge in [0.2, 0.25) is 5.69 Å². The molecule has 0 atom stereocenters. The van der Waals surface area contributed by atoms with Crippen molar-refractivity contribution in [2.45, 2.75) is 6.92 Å². The lowest BCUT2D eigenvalue weighted by Gasteiger charge is -2.16. The van der Waals surface area contributed by atoms with Crippen LogP contribution in [0, 0.1) is 36.5 Å². The van der Waals surface area contributed by atoms with Crippen LogP contribution in [0.3, 0.4) is 0 Å². The summed E-state index contributed by atoms with van der Waals surface area (Å²) in [7, 11) is 1.63. The fourth-order valence-corrected chi connectivity index (χ4v) is 9.02. The van der Waals surface area contributed by atoms with Crippen LogP contribution in [0.15, 0.2) is 109 Å². The van der Waals surface area contributed by atoms with Crippen LogP contribution in [0.2, 0.25) is 0 Å². The topological polar surface area (TPSA) is 46.7 Å². The molecular weight excluding hydrogens is 671 g/mol. The SMILES string of the molecule is [C-]#[N+]c1c(C#N)c(-c2cccc(-n3c4ccc(C)cc4c4cc(OC)ccc43)c2)c(F)c(F)c1-c1cc2c3ccccc3n3c4sccc4c(c1)c23. The van der Waals surface area contributed by atoms with Gasteiger partial charge in [-0.2, -0.15) is 5.26 Å². The van der Waals surface area contributed by atoms with E-state index in [2.05, 4.69) is 25.9 Å². The number of para-hydroxylation sites is 1. The predicted octanol–water partition coefficient (Wildman–Crippen LogP) is 12.3. The smallest absolute Gasteiger partial charge is 0.216 e. The van der Waals surface area contributed by atoms with Crippen LogP contribution in [-0.2, 0) is 0 Å². The Morgan fingerprint density at radius 3 is 2.27 bits per heavy atom. The number of nitrogens with zero attached hydrogens (tertiary/aromatic N) is 4. The lowest BCUT2D eigenvalue weighted by atomic mass is 9.90. The predicted molar refractivity (Wildman–Crippen MR) is 206 cm³/mol. The van der Waals surface area contributed by atoms with E-state index in [-0.39, 0.29) is 27.9 Å². The maximum Gasteiger partial charge on any atom is 0.216 e. The molecule has 246 valence electrons. The van der Waals surface area contributed by atoms with Crippen LogP contribution < -0.4 is 4.74 Å². The first-order valence-electron chi connectivity index (χ1n) is 16.6. The molecule has 4 aromatic heterocycles. The number of methoxy groups -OCH3 is 1. The molecule has 0 N–H and O–H groups in total. The quantitative estimate of drug-likeness (QED) is 0.172. The molecule has 0 aliphatic heterocycles. The molecule has 0 radical (unpaired) electrons. The number of halogens is 2. The number of hydrogen-bond acceptors (Lipinski definition) is 3. The Morgan fingerprint density at radius 1 is 0.731 bits per heavy atom. The molecule has 8 heteroatoms. The Hall–Kier alpha value is -6.74. The molecule has 5 nitrogen and oxygen atoms in total. The number of rotatable bonds is 4. The molecule has 0 spiro atoms. The molecule has 10 aromatic rings. The zero-order chi connectivity index (χ0) is 35.4. The summed E-state index contributed by atoms with van der Waals surface area (Å²) in [6, 6.07) is 34.8. The first-order chi connectivity index (χ1) is 25.4. The number of aryl methyl sites for hydroxylation is 1. The molecule has 0 saturated heterocycles. The fraction of sp³-hybridized carbons (Fsp3) is 0.0455. The average molecular weight is 695 g/mol. The Kier molecular flexibility index (Phi) is 6.30. The van der Waals surface area contributed by atoms with Crippen molar-refractivity contribution in [3.05, 3.63) is 143 Å². The Morgan fingerprint density at radius 2 is 1.48 bits per heavy atom. The van der Waals surface area contributed by atoms with Gasteiger partial charge in [-0.25, -0.2) is 13.6 Å². The molecule has 6 aromatic carbocycles. The van der Waals surface area contributed by atoms with E-state index in [9.17, 15) is 5.26 Å². The highest BCUT2D eigenvalue weighted by molar-refractivity contribution is 7.17. The van der Waals surface area contributed by atoms with Crippen molar-refractivity contribution in [2.75, 3.05) is 7.11 Å². The zero-order valence-corrected chi connectivity index (χ0v) is 28.6. The van der Waals surface area contributed by atoms with Gasteiger partial charge in [-0.1, -0.05) is 42.0 Å². The van der Waals surface area contributed by atoms with E-state index in [1.807, 2.05) is 91.2 Å². The summed E-state index contributed by atoms with van der Waals surface area (Å²) in [5, 5.41) is 18.3. The number of ether oxygens (including phenoxy) is 1. The highest BCUT2D eigenvalue weighted by Gasteiger charge is 2.29. The molecule has 0 saturated carbocycles. The van der Waals surface area contributed by atoms with Crippen molar-refractivity contribution < 1.29 is 13.5 Å². The Bertz CT molecular complexity index is 3240. The highest BCUT2D eigenvalue weighted by Crippen LogP contribution is 2.48. The van der Waals surface area contributed by atoms with Crippen molar-refractivity contribution in [1.29, 1.82) is 5.26 Å². The van der Waals surface area contributed by atoms with Gasteiger partial charge in [0.1, 0.15) is 10.6 Å². The van der Waals surface area contributed by atoms with Gasteiger partial charge in [0.25, 0.3) is 0 Å². The first-order valence-corrected chi connectivity index (χ1v) is 17.5. The summed E-state index contributed by atoms with van der Waals surface area (Å²) in [5.74, 6) is -1.61.